The molecule has 0 spiro atoms. The molecule has 1 aliphatic rings. The van der Waals surface area contributed by atoms with Gasteiger partial charge >= 0.3 is 0 Å². The number of carbonyl (C=O) groups excluding carboxylic acids is 1. The first kappa shape index (κ1) is 19.8. The largest absolute Gasteiger partial charge is 0.374 e. The molecular weight excluding hydrogens is 362 g/mol. The highest BCUT2D eigenvalue weighted by molar-refractivity contribution is 6.30. The third-order valence-electron chi connectivity index (χ3n) is 4.87. The average Bonchev–Trinajstić information content (AvgIpc) is 2.69. The molecule has 2 aromatic rings. The number of likely N-dealkylation sites (N-methyl/N-ethyl adjacent to an activating group) is 1. The summed E-state index contributed by atoms with van der Waals surface area (Å²) >= 11 is 6.06. The predicted molar refractivity (Wildman–Crippen MR) is 108 cm³/mol. The lowest BCUT2D eigenvalue weighted by Crippen LogP contribution is -2.46. The lowest BCUT2D eigenvalue weighted by atomic mass is 9.99. The van der Waals surface area contributed by atoms with Crippen molar-refractivity contribution in [2.75, 3.05) is 33.8 Å². The standard InChI is InChI=1S/C21H26ClN3O2/c1-23-21(26)17-5-3-15(4-6-17)13-24-20(16-7-9-18(22)10-8-16)19-14-25(2)11-12-27-19/h3-10,19-20,24H,11-14H2,1-2H3,(H,23,26)/t19-,20-/m0/s1. The van der Waals surface area contributed by atoms with Crippen LogP contribution in [-0.4, -0.2) is 50.7 Å². The van der Waals surface area contributed by atoms with E-state index in [0.717, 1.165) is 35.8 Å². The second-order valence-electron chi connectivity index (χ2n) is 6.86. The van der Waals surface area contributed by atoms with E-state index in [1.165, 1.54) is 0 Å². The number of hydrogen-bond donors (Lipinski definition) is 2. The van der Waals surface area contributed by atoms with Crippen LogP contribution in [0.15, 0.2) is 48.5 Å². The smallest absolute Gasteiger partial charge is 0.251 e. The van der Waals surface area contributed by atoms with Gasteiger partial charge in [0.1, 0.15) is 0 Å². The number of carbonyl (C=O) groups is 1. The highest BCUT2D eigenvalue weighted by Gasteiger charge is 2.27. The number of benzene rings is 2. The molecule has 6 heteroatoms. The zero-order chi connectivity index (χ0) is 19.2. The Morgan fingerprint density at radius 1 is 1.22 bits per heavy atom. The van der Waals surface area contributed by atoms with E-state index in [9.17, 15) is 4.79 Å². The Labute approximate surface area is 165 Å². The average molecular weight is 388 g/mol. The maximum Gasteiger partial charge on any atom is 0.251 e. The molecule has 0 unspecified atom stereocenters. The second-order valence-corrected chi connectivity index (χ2v) is 7.29. The van der Waals surface area contributed by atoms with Gasteiger partial charge in [0.15, 0.2) is 0 Å². The van der Waals surface area contributed by atoms with Crippen molar-refractivity contribution in [1.29, 1.82) is 0 Å². The van der Waals surface area contributed by atoms with Crippen LogP contribution in [0.25, 0.3) is 0 Å². The van der Waals surface area contributed by atoms with Crippen molar-refractivity contribution in [2.45, 2.75) is 18.7 Å². The quantitative estimate of drug-likeness (QED) is 0.800. The molecule has 0 bridgehead atoms. The number of hydrogen-bond acceptors (Lipinski definition) is 4. The van der Waals surface area contributed by atoms with Gasteiger partial charge in [-0.15, -0.1) is 0 Å². The predicted octanol–water partition coefficient (Wildman–Crippen LogP) is 2.86. The SMILES string of the molecule is CNC(=O)c1ccc(CN[C@@H](c2ccc(Cl)cc2)[C@@H]2CN(C)CCO2)cc1. The summed E-state index contributed by atoms with van der Waals surface area (Å²) in [7, 11) is 3.75. The van der Waals surface area contributed by atoms with Crippen LogP contribution < -0.4 is 10.6 Å². The van der Waals surface area contributed by atoms with Crippen LogP contribution in [0, 0.1) is 0 Å². The van der Waals surface area contributed by atoms with Crippen LogP contribution in [0.1, 0.15) is 27.5 Å². The van der Waals surface area contributed by atoms with E-state index in [-0.39, 0.29) is 18.1 Å². The van der Waals surface area contributed by atoms with Gasteiger partial charge in [-0.2, -0.15) is 0 Å². The van der Waals surface area contributed by atoms with Gasteiger partial charge in [0.2, 0.25) is 0 Å². The number of nitrogens with one attached hydrogen (secondary N) is 2. The Morgan fingerprint density at radius 2 is 1.93 bits per heavy atom. The van der Waals surface area contributed by atoms with Crippen LogP contribution in [0.4, 0.5) is 0 Å². The zero-order valence-electron chi connectivity index (χ0n) is 15.7. The molecule has 27 heavy (non-hydrogen) atoms. The van der Waals surface area contributed by atoms with Gasteiger partial charge in [-0.1, -0.05) is 35.9 Å². The molecule has 2 N–H and O–H groups in total. The van der Waals surface area contributed by atoms with Crippen molar-refractivity contribution in [3.8, 4) is 0 Å². The molecule has 0 radical (unpaired) electrons. The van der Waals surface area contributed by atoms with Crippen molar-refractivity contribution in [2.24, 2.45) is 0 Å². The fourth-order valence-electron chi connectivity index (χ4n) is 3.29. The highest BCUT2D eigenvalue weighted by atomic mass is 35.5. The minimum atomic E-state index is -0.0767. The first-order chi connectivity index (χ1) is 13.1. The van der Waals surface area contributed by atoms with Gasteiger partial charge in [0, 0.05) is 37.3 Å². The summed E-state index contributed by atoms with van der Waals surface area (Å²) in [6.45, 7) is 3.24. The fourth-order valence-corrected chi connectivity index (χ4v) is 3.42. The molecule has 1 amide bonds. The minimum absolute atomic E-state index is 0.0589. The van der Waals surface area contributed by atoms with Gasteiger partial charge in [-0.3, -0.25) is 4.79 Å². The number of amides is 1. The molecule has 2 atom stereocenters. The molecule has 1 aliphatic heterocycles. The lowest BCUT2D eigenvalue weighted by Gasteiger charge is -2.36. The van der Waals surface area contributed by atoms with Crippen molar-refractivity contribution in [3.63, 3.8) is 0 Å². The fraction of sp³-hybridized carbons (Fsp3) is 0.381. The van der Waals surface area contributed by atoms with Crippen LogP contribution in [0.5, 0.6) is 0 Å². The van der Waals surface area contributed by atoms with Crippen molar-refractivity contribution in [1.82, 2.24) is 15.5 Å². The molecule has 3 rings (SSSR count). The Bertz CT molecular complexity index is 749. The van der Waals surface area contributed by atoms with Crippen molar-refractivity contribution in [3.05, 3.63) is 70.2 Å². The molecule has 5 nitrogen and oxygen atoms in total. The van der Waals surface area contributed by atoms with E-state index < -0.39 is 0 Å². The molecule has 2 aromatic carbocycles. The molecule has 0 aliphatic carbocycles. The summed E-state index contributed by atoms with van der Waals surface area (Å²) in [5.74, 6) is -0.0767. The first-order valence-corrected chi connectivity index (χ1v) is 9.54. The molecule has 144 valence electrons. The second kappa shape index (κ2) is 9.33. The zero-order valence-corrected chi connectivity index (χ0v) is 16.5. The summed E-state index contributed by atoms with van der Waals surface area (Å²) in [5.41, 5.74) is 2.93. The molecule has 0 aromatic heterocycles. The van der Waals surface area contributed by atoms with Crippen LogP contribution in [-0.2, 0) is 11.3 Å². The molecule has 1 fully saturated rings. The molecule has 1 heterocycles. The van der Waals surface area contributed by atoms with Crippen LogP contribution >= 0.6 is 11.6 Å². The van der Waals surface area contributed by atoms with Crippen molar-refractivity contribution >= 4 is 17.5 Å². The van der Waals surface area contributed by atoms with E-state index in [0.29, 0.717) is 12.1 Å². The number of rotatable bonds is 6. The van der Waals surface area contributed by atoms with Crippen LogP contribution in [0.2, 0.25) is 5.02 Å². The Balaban J connectivity index is 1.73. The van der Waals surface area contributed by atoms with Gasteiger partial charge in [-0.05, 0) is 42.4 Å². The maximum atomic E-state index is 11.7. The normalized spacial score (nSPS) is 18.9. The first-order valence-electron chi connectivity index (χ1n) is 9.17. The van der Waals surface area contributed by atoms with Gasteiger partial charge in [0.25, 0.3) is 5.91 Å². The topological polar surface area (TPSA) is 53.6 Å². The number of nitrogens with zero attached hydrogens (tertiary/aromatic N) is 1. The third-order valence-corrected chi connectivity index (χ3v) is 5.12. The Hall–Kier alpha value is -1.92. The minimum Gasteiger partial charge on any atom is -0.374 e. The summed E-state index contributed by atoms with van der Waals surface area (Å²) in [5, 5.41) is 6.99. The van der Waals surface area contributed by atoms with E-state index in [4.69, 9.17) is 16.3 Å². The summed E-state index contributed by atoms with van der Waals surface area (Å²) in [6.07, 6.45) is 0.0649. The molecule has 0 saturated carbocycles. The van der Waals surface area contributed by atoms with E-state index >= 15 is 0 Å². The van der Waals surface area contributed by atoms with Gasteiger partial charge in [0.05, 0.1) is 18.8 Å². The summed E-state index contributed by atoms with van der Waals surface area (Å²) in [6, 6.07) is 15.6. The number of morpholine rings is 1. The van der Waals surface area contributed by atoms with E-state index in [1.54, 1.807) is 7.05 Å². The molecular formula is C21H26ClN3O2. The third kappa shape index (κ3) is 5.30. The lowest BCUT2D eigenvalue weighted by molar-refractivity contribution is -0.0396. The number of ether oxygens (including phenoxy) is 1. The van der Waals surface area contributed by atoms with Crippen molar-refractivity contribution < 1.29 is 9.53 Å². The summed E-state index contributed by atoms with van der Waals surface area (Å²) < 4.78 is 6.06. The molecule has 1 saturated heterocycles. The van der Waals surface area contributed by atoms with E-state index in [2.05, 4.69) is 22.6 Å². The highest BCUT2D eigenvalue weighted by Crippen LogP contribution is 2.24. The van der Waals surface area contributed by atoms with E-state index in [1.807, 2.05) is 48.5 Å². The Morgan fingerprint density at radius 3 is 2.56 bits per heavy atom. The van der Waals surface area contributed by atoms with Crippen LogP contribution in [0.3, 0.4) is 0 Å². The Kier molecular flexibility index (Phi) is 6.85. The summed E-state index contributed by atoms with van der Waals surface area (Å²) in [4.78, 5) is 14.0. The monoisotopic (exact) mass is 387 g/mol. The number of halogens is 1. The van der Waals surface area contributed by atoms with Gasteiger partial charge in [-0.25, -0.2) is 0 Å². The maximum absolute atomic E-state index is 11.7. The van der Waals surface area contributed by atoms with Gasteiger partial charge < -0.3 is 20.3 Å².